The maximum absolute atomic E-state index is 14.1. The van der Waals surface area contributed by atoms with Gasteiger partial charge in [-0.15, -0.1) is 0 Å². The summed E-state index contributed by atoms with van der Waals surface area (Å²) in [5.74, 6) is -0.725. The zero-order valence-corrected chi connectivity index (χ0v) is 12.8. The van der Waals surface area contributed by atoms with Crippen LogP contribution in [-0.2, 0) is 9.59 Å². The molecule has 5 heteroatoms. The maximum Gasteiger partial charge on any atom is 0.250 e. The van der Waals surface area contributed by atoms with Gasteiger partial charge < -0.3 is 5.32 Å². The summed E-state index contributed by atoms with van der Waals surface area (Å²) in [6, 6.07) is 3.28. The number of nitrogens with one attached hydrogen (secondary N) is 1. The molecular weight excluding hydrogens is 271 g/mol. The van der Waals surface area contributed by atoms with Crippen molar-refractivity contribution < 1.29 is 14.0 Å². The minimum Gasteiger partial charge on any atom is -0.342 e. The van der Waals surface area contributed by atoms with Crippen molar-refractivity contribution in [1.82, 2.24) is 5.32 Å². The van der Waals surface area contributed by atoms with Crippen LogP contribution >= 0.6 is 0 Å². The zero-order chi connectivity index (χ0) is 15.7. The molecule has 1 aliphatic heterocycles. The van der Waals surface area contributed by atoms with Crippen molar-refractivity contribution in [1.29, 1.82) is 0 Å². The fourth-order valence-electron chi connectivity index (χ4n) is 2.60. The van der Waals surface area contributed by atoms with Crippen molar-refractivity contribution in [2.75, 3.05) is 4.90 Å². The largest absolute Gasteiger partial charge is 0.342 e. The summed E-state index contributed by atoms with van der Waals surface area (Å²) in [5, 5.41) is 2.73. The monoisotopic (exact) mass is 292 g/mol. The van der Waals surface area contributed by atoms with E-state index in [9.17, 15) is 14.0 Å². The average Bonchev–Trinajstić information content (AvgIpc) is 2.39. The van der Waals surface area contributed by atoms with Crippen LogP contribution in [-0.4, -0.2) is 23.9 Å². The van der Waals surface area contributed by atoms with Crippen LogP contribution in [0.15, 0.2) is 18.2 Å². The molecule has 2 rings (SSSR count). The molecule has 0 aliphatic carbocycles. The second-order valence-corrected chi connectivity index (χ2v) is 6.03. The number of hydrogen-bond donors (Lipinski definition) is 1. The van der Waals surface area contributed by atoms with Gasteiger partial charge in [0.2, 0.25) is 11.8 Å². The molecule has 2 unspecified atom stereocenters. The Bertz CT molecular complexity index is 571. The summed E-state index contributed by atoms with van der Waals surface area (Å²) in [6.07, 6.45) is 0.543. The van der Waals surface area contributed by atoms with E-state index in [4.69, 9.17) is 0 Å². The second kappa shape index (κ2) is 5.84. The minimum atomic E-state index is -0.711. The summed E-state index contributed by atoms with van der Waals surface area (Å²) >= 11 is 0. The lowest BCUT2D eigenvalue weighted by atomic mass is 9.98. The molecule has 21 heavy (non-hydrogen) atoms. The highest BCUT2D eigenvalue weighted by Crippen LogP contribution is 2.27. The first-order valence-corrected chi connectivity index (χ1v) is 7.21. The van der Waals surface area contributed by atoms with Crippen LogP contribution in [0.1, 0.15) is 32.8 Å². The van der Waals surface area contributed by atoms with Crippen molar-refractivity contribution >= 4 is 17.5 Å². The molecule has 0 radical (unpaired) electrons. The predicted molar refractivity (Wildman–Crippen MR) is 79.5 cm³/mol. The molecule has 1 aromatic carbocycles. The lowest BCUT2D eigenvalue weighted by Crippen LogP contribution is -2.63. The molecule has 0 spiro atoms. The highest BCUT2D eigenvalue weighted by Gasteiger charge is 2.40. The molecule has 2 amide bonds. The number of benzene rings is 1. The lowest BCUT2D eigenvalue weighted by molar-refractivity contribution is -0.133. The summed E-state index contributed by atoms with van der Waals surface area (Å²) in [7, 11) is 0. The van der Waals surface area contributed by atoms with Crippen LogP contribution in [0.3, 0.4) is 0 Å². The first kappa shape index (κ1) is 15.5. The van der Waals surface area contributed by atoms with Crippen LogP contribution in [0, 0.1) is 18.7 Å². The number of piperazine rings is 1. The third-order valence-electron chi connectivity index (χ3n) is 3.69. The van der Waals surface area contributed by atoms with Crippen molar-refractivity contribution in [2.45, 2.75) is 46.2 Å². The minimum absolute atomic E-state index is 0.177. The van der Waals surface area contributed by atoms with Gasteiger partial charge in [-0.05, 0) is 43.9 Å². The Kier molecular flexibility index (Phi) is 4.30. The summed E-state index contributed by atoms with van der Waals surface area (Å²) in [5.41, 5.74) is 1.02. The molecule has 114 valence electrons. The number of nitrogens with zero attached hydrogens (tertiary/aromatic N) is 1. The Labute approximate surface area is 124 Å². The van der Waals surface area contributed by atoms with Gasteiger partial charge in [0.15, 0.2) is 0 Å². The van der Waals surface area contributed by atoms with E-state index < -0.39 is 17.9 Å². The molecule has 1 aromatic rings. The van der Waals surface area contributed by atoms with E-state index in [1.807, 2.05) is 20.8 Å². The normalized spacial score (nSPS) is 22.7. The lowest BCUT2D eigenvalue weighted by Gasteiger charge is -2.38. The van der Waals surface area contributed by atoms with Crippen LogP contribution in [0.25, 0.3) is 0 Å². The second-order valence-electron chi connectivity index (χ2n) is 6.03. The van der Waals surface area contributed by atoms with Gasteiger partial charge in [-0.1, -0.05) is 19.9 Å². The Morgan fingerprint density at radius 2 is 2.00 bits per heavy atom. The van der Waals surface area contributed by atoms with Crippen molar-refractivity contribution in [3.63, 3.8) is 0 Å². The quantitative estimate of drug-likeness (QED) is 0.930. The molecule has 1 fully saturated rings. The van der Waals surface area contributed by atoms with Gasteiger partial charge in [0.05, 0.1) is 5.69 Å². The van der Waals surface area contributed by atoms with Gasteiger partial charge in [-0.25, -0.2) is 4.39 Å². The first-order valence-electron chi connectivity index (χ1n) is 7.21. The van der Waals surface area contributed by atoms with E-state index in [-0.39, 0.29) is 23.4 Å². The molecule has 1 saturated heterocycles. The maximum atomic E-state index is 14.1. The molecular formula is C16H21FN2O2. The summed E-state index contributed by atoms with van der Waals surface area (Å²) in [6.45, 7) is 7.40. The molecule has 4 nitrogen and oxygen atoms in total. The average molecular weight is 292 g/mol. The Morgan fingerprint density at radius 3 is 2.62 bits per heavy atom. The first-order chi connectivity index (χ1) is 9.81. The Balaban J connectivity index is 2.41. The third kappa shape index (κ3) is 3.06. The predicted octanol–water partition coefficient (Wildman–Crippen LogP) is 2.40. The topological polar surface area (TPSA) is 49.4 Å². The summed E-state index contributed by atoms with van der Waals surface area (Å²) < 4.78 is 14.1. The number of amides is 2. The van der Waals surface area contributed by atoms with Gasteiger partial charge in [-0.3, -0.25) is 14.5 Å². The van der Waals surface area contributed by atoms with Crippen molar-refractivity contribution in [3.8, 4) is 0 Å². The highest BCUT2D eigenvalue weighted by molar-refractivity contribution is 6.08. The van der Waals surface area contributed by atoms with Crippen LogP contribution in [0.4, 0.5) is 10.1 Å². The Morgan fingerprint density at radius 1 is 1.33 bits per heavy atom. The standard InChI is InChI=1S/C16H21FN2O2/c1-9(2)7-13-16(21)19(11(4)15(20)18-13)14-8-10(3)5-6-12(14)17/h5-6,8-9,11,13H,7H2,1-4H3,(H,18,20). The van der Waals surface area contributed by atoms with E-state index in [1.165, 1.54) is 11.0 Å². The number of anilines is 1. The van der Waals surface area contributed by atoms with Gasteiger partial charge in [-0.2, -0.15) is 0 Å². The molecule has 0 aromatic heterocycles. The molecule has 0 saturated carbocycles. The van der Waals surface area contributed by atoms with Crippen LogP contribution in [0.5, 0.6) is 0 Å². The van der Waals surface area contributed by atoms with Crippen LogP contribution < -0.4 is 10.2 Å². The smallest absolute Gasteiger partial charge is 0.250 e. The SMILES string of the molecule is Cc1ccc(F)c(N2C(=O)C(CC(C)C)NC(=O)C2C)c1. The van der Waals surface area contributed by atoms with Crippen molar-refractivity contribution in [3.05, 3.63) is 29.6 Å². The summed E-state index contributed by atoms with van der Waals surface area (Å²) in [4.78, 5) is 26.0. The fraction of sp³-hybridized carbons (Fsp3) is 0.500. The number of aryl methyl sites for hydroxylation is 1. The number of carbonyl (C=O) groups is 2. The molecule has 1 aliphatic rings. The van der Waals surface area contributed by atoms with E-state index in [0.29, 0.717) is 6.42 Å². The van der Waals surface area contributed by atoms with E-state index >= 15 is 0 Å². The van der Waals surface area contributed by atoms with Crippen LogP contribution in [0.2, 0.25) is 0 Å². The molecule has 1 heterocycles. The highest BCUT2D eigenvalue weighted by atomic mass is 19.1. The molecule has 2 atom stereocenters. The van der Waals surface area contributed by atoms with Gasteiger partial charge in [0.25, 0.3) is 0 Å². The number of carbonyl (C=O) groups excluding carboxylic acids is 2. The number of rotatable bonds is 3. The number of hydrogen-bond acceptors (Lipinski definition) is 2. The van der Waals surface area contributed by atoms with Crippen molar-refractivity contribution in [2.24, 2.45) is 5.92 Å². The zero-order valence-electron chi connectivity index (χ0n) is 12.8. The molecule has 1 N–H and O–H groups in total. The Hall–Kier alpha value is -1.91. The van der Waals surface area contributed by atoms with E-state index in [0.717, 1.165) is 5.56 Å². The third-order valence-corrected chi connectivity index (χ3v) is 3.69. The fourth-order valence-corrected chi connectivity index (χ4v) is 2.60. The van der Waals surface area contributed by atoms with Gasteiger partial charge in [0, 0.05) is 0 Å². The van der Waals surface area contributed by atoms with E-state index in [2.05, 4.69) is 5.32 Å². The van der Waals surface area contributed by atoms with Gasteiger partial charge in [0.1, 0.15) is 17.9 Å². The molecule has 0 bridgehead atoms. The number of halogens is 1. The van der Waals surface area contributed by atoms with Gasteiger partial charge >= 0.3 is 0 Å². The van der Waals surface area contributed by atoms with E-state index in [1.54, 1.807) is 19.1 Å².